The smallest absolute Gasteiger partial charge is 0.264 e. The normalized spacial score (nSPS) is 11.9. The number of hydrogen-bond donors (Lipinski definition) is 1. The van der Waals surface area contributed by atoms with Gasteiger partial charge in [-0.2, -0.15) is 0 Å². The molecule has 0 bridgehead atoms. The maximum Gasteiger partial charge on any atom is 0.264 e. The molecular formula is C33H33ClFN3O4S. The summed E-state index contributed by atoms with van der Waals surface area (Å²) < 4.78 is 42.7. The molecule has 43 heavy (non-hydrogen) atoms. The van der Waals surface area contributed by atoms with Gasteiger partial charge in [0.15, 0.2) is 0 Å². The second kappa shape index (κ2) is 14.3. The van der Waals surface area contributed by atoms with E-state index < -0.39 is 34.3 Å². The van der Waals surface area contributed by atoms with E-state index in [1.165, 1.54) is 29.2 Å². The zero-order valence-electron chi connectivity index (χ0n) is 23.9. The number of rotatable bonds is 12. The Hall–Kier alpha value is -4.21. The molecule has 0 fully saturated rings. The van der Waals surface area contributed by atoms with Crippen LogP contribution in [-0.4, -0.2) is 44.3 Å². The highest BCUT2D eigenvalue weighted by atomic mass is 35.5. The van der Waals surface area contributed by atoms with Crippen molar-refractivity contribution < 1.29 is 22.4 Å². The van der Waals surface area contributed by atoms with E-state index in [1.807, 2.05) is 37.3 Å². The van der Waals surface area contributed by atoms with E-state index in [9.17, 15) is 22.4 Å². The number of carbonyl (C=O) groups is 2. The molecule has 0 saturated heterocycles. The summed E-state index contributed by atoms with van der Waals surface area (Å²) >= 11 is 6.09. The minimum Gasteiger partial charge on any atom is -0.355 e. The average Bonchev–Trinajstić information content (AvgIpc) is 3.00. The van der Waals surface area contributed by atoms with Crippen molar-refractivity contribution in [2.24, 2.45) is 0 Å². The van der Waals surface area contributed by atoms with Crippen LogP contribution in [0.4, 0.5) is 10.1 Å². The Balaban J connectivity index is 1.78. The van der Waals surface area contributed by atoms with Gasteiger partial charge >= 0.3 is 0 Å². The third kappa shape index (κ3) is 8.21. The summed E-state index contributed by atoms with van der Waals surface area (Å²) in [5.74, 6) is -1.53. The van der Waals surface area contributed by atoms with Gasteiger partial charge in [-0.3, -0.25) is 13.9 Å². The molecule has 0 aliphatic heterocycles. The van der Waals surface area contributed by atoms with Gasteiger partial charge in [0.1, 0.15) is 18.4 Å². The molecule has 0 unspecified atom stereocenters. The first-order chi connectivity index (χ1) is 20.6. The first kappa shape index (κ1) is 31.7. The van der Waals surface area contributed by atoms with Gasteiger partial charge in [-0.25, -0.2) is 12.8 Å². The zero-order valence-corrected chi connectivity index (χ0v) is 25.5. The lowest BCUT2D eigenvalue weighted by molar-refractivity contribution is -0.140. The molecule has 0 spiro atoms. The third-order valence-electron chi connectivity index (χ3n) is 6.89. The Morgan fingerprint density at radius 3 is 2.09 bits per heavy atom. The monoisotopic (exact) mass is 621 g/mol. The van der Waals surface area contributed by atoms with E-state index in [4.69, 9.17) is 11.6 Å². The average molecular weight is 622 g/mol. The zero-order chi connectivity index (χ0) is 31.0. The lowest BCUT2D eigenvalue weighted by Gasteiger charge is -2.33. The quantitative estimate of drug-likeness (QED) is 0.218. The predicted octanol–water partition coefficient (Wildman–Crippen LogP) is 5.76. The number of benzene rings is 4. The number of sulfonamides is 1. The van der Waals surface area contributed by atoms with Crippen LogP contribution in [0.1, 0.15) is 23.6 Å². The van der Waals surface area contributed by atoms with Crippen LogP contribution in [0.5, 0.6) is 0 Å². The Labute approximate surface area is 257 Å². The van der Waals surface area contributed by atoms with E-state index in [-0.39, 0.29) is 29.5 Å². The number of aryl methyl sites for hydroxylation is 1. The first-order valence-electron chi connectivity index (χ1n) is 13.8. The first-order valence-corrected chi connectivity index (χ1v) is 15.6. The molecule has 1 atom stereocenters. The maximum atomic E-state index is 14.3. The number of nitrogens with zero attached hydrogens (tertiary/aromatic N) is 2. The van der Waals surface area contributed by atoms with E-state index in [0.717, 1.165) is 27.6 Å². The highest BCUT2D eigenvalue weighted by Crippen LogP contribution is 2.26. The molecule has 1 N–H and O–H groups in total. The molecule has 0 aromatic heterocycles. The number of nitrogens with one attached hydrogen (secondary N) is 1. The topological polar surface area (TPSA) is 86.8 Å². The summed E-state index contributed by atoms with van der Waals surface area (Å²) in [6.45, 7) is 3.36. The molecule has 0 heterocycles. The fourth-order valence-corrected chi connectivity index (χ4v) is 6.15. The van der Waals surface area contributed by atoms with Gasteiger partial charge in [0, 0.05) is 24.5 Å². The molecule has 0 saturated carbocycles. The Morgan fingerprint density at radius 1 is 0.860 bits per heavy atom. The Bertz CT molecular complexity index is 1630. The van der Waals surface area contributed by atoms with Crippen molar-refractivity contribution in [1.82, 2.24) is 10.2 Å². The van der Waals surface area contributed by atoms with E-state index in [0.29, 0.717) is 17.1 Å². The summed E-state index contributed by atoms with van der Waals surface area (Å²) in [7, 11) is -4.26. The standard InChI is InChI=1S/C33H33ClFN3O4S/c1-3-36-33(40)31(21-25-7-5-4-6-8-25)37(22-26-11-13-27(34)14-12-26)32(39)23-38(29-17-15-28(35)16-18-29)43(41,42)30-19-9-24(2)10-20-30/h4-20,31H,3,21-23H2,1-2H3,(H,36,40)/t31-/m1/s1. The number of hydrogen-bond acceptors (Lipinski definition) is 4. The van der Waals surface area contributed by atoms with E-state index >= 15 is 0 Å². The van der Waals surface area contributed by atoms with Gasteiger partial charge in [0.2, 0.25) is 11.8 Å². The molecule has 4 rings (SSSR count). The highest BCUT2D eigenvalue weighted by Gasteiger charge is 2.34. The van der Waals surface area contributed by atoms with E-state index in [1.54, 1.807) is 43.3 Å². The van der Waals surface area contributed by atoms with Crippen molar-refractivity contribution in [3.8, 4) is 0 Å². The molecule has 224 valence electrons. The summed E-state index contributed by atoms with van der Waals surface area (Å²) in [6, 6.07) is 26.3. The van der Waals surface area contributed by atoms with Crippen LogP contribution in [0.15, 0.2) is 108 Å². The van der Waals surface area contributed by atoms with Crippen LogP contribution >= 0.6 is 11.6 Å². The molecule has 0 aliphatic carbocycles. The van der Waals surface area contributed by atoms with Crippen LogP contribution in [0.25, 0.3) is 0 Å². The lowest BCUT2D eigenvalue weighted by Crippen LogP contribution is -2.53. The predicted molar refractivity (Wildman–Crippen MR) is 167 cm³/mol. The van der Waals surface area contributed by atoms with Crippen LogP contribution in [0.2, 0.25) is 5.02 Å². The van der Waals surface area contributed by atoms with Crippen LogP contribution in [0.3, 0.4) is 0 Å². The molecule has 4 aromatic carbocycles. The van der Waals surface area contributed by atoms with Crippen LogP contribution in [-0.2, 0) is 32.6 Å². The fourth-order valence-electron chi connectivity index (χ4n) is 4.61. The highest BCUT2D eigenvalue weighted by molar-refractivity contribution is 7.92. The number of carbonyl (C=O) groups excluding carboxylic acids is 2. The minimum absolute atomic E-state index is 0.0203. The lowest BCUT2D eigenvalue weighted by atomic mass is 10.0. The van der Waals surface area contributed by atoms with Gasteiger partial charge in [-0.05, 0) is 73.5 Å². The SMILES string of the molecule is CCNC(=O)[C@@H](Cc1ccccc1)N(Cc1ccc(Cl)cc1)C(=O)CN(c1ccc(F)cc1)S(=O)(=O)c1ccc(C)cc1. The van der Waals surface area contributed by atoms with Crippen molar-refractivity contribution in [1.29, 1.82) is 0 Å². The molecular weight excluding hydrogens is 589 g/mol. The maximum absolute atomic E-state index is 14.3. The molecule has 4 aromatic rings. The summed E-state index contributed by atoms with van der Waals surface area (Å²) in [5.41, 5.74) is 2.51. The Morgan fingerprint density at radius 2 is 1.49 bits per heavy atom. The summed E-state index contributed by atoms with van der Waals surface area (Å²) in [6.07, 6.45) is 0.202. The molecule has 2 amide bonds. The largest absolute Gasteiger partial charge is 0.355 e. The van der Waals surface area contributed by atoms with Crippen molar-refractivity contribution in [2.75, 3.05) is 17.4 Å². The number of amides is 2. The number of halogens is 2. The van der Waals surface area contributed by atoms with Gasteiger partial charge in [0.25, 0.3) is 10.0 Å². The van der Waals surface area contributed by atoms with Crippen molar-refractivity contribution in [3.63, 3.8) is 0 Å². The molecule has 0 aliphatic rings. The van der Waals surface area contributed by atoms with Crippen molar-refractivity contribution in [2.45, 2.75) is 37.8 Å². The van der Waals surface area contributed by atoms with Gasteiger partial charge in [-0.15, -0.1) is 0 Å². The van der Waals surface area contributed by atoms with Crippen molar-refractivity contribution >= 4 is 39.1 Å². The summed E-state index contributed by atoms with van der Waals surface area (Å²) in [4.78, 5) is 29.1. The fraction of sp³-hybridized carbons (Fsp3) is 0.212. The van der Waals surface area contributed by atoms with Crippen molar-refractivity contribution in [3.05, 3.63) is 131 Å². The Kier molecular flexibility index (Phi) is 10.6. The number of anilines is 1. The second-order valence-electron chi connectivity index (χ2n) is 10.0. The second-order valence-corrected chi connectivity index (χ2v) is 12.3. The van der Waals surface area contributed by atoms with Gasteiger partial charge in [-0.1, -0.05) is 71.8 Å². The molecule has 0 radical (unpaired) electrons. The number of likely N-dealkylation sites (N-methyl/N-ethyl adjacent to an activating group) is 1. The van der Waals surface area contributed by atoms with E-state index in [2.05, 4.69) is 5.32 Å². The van der Waals surface area contributed by atoms with Gasteiger partial charge < -0.3 is 10.2 Å². The third-order valence-corrected chi connectivity index (χ3v) is 8.93. The molecule has 7 nitrogen and oxygen atoms in total. The van der Waals surface area contributed by atoms with Crippen LogP contribution in [0, 0.1) is 12.7 Å². The summed E-state index contributed by atoms with van der Waals surface area (Å²) in [5, 5.41) is 3.33. The van der Waals surface area contributed by atoms with Gasteiger partial charge in [0.05, 0.1) is 10.6 Å². The minimum atomic E-state index is -4.26. The molecule has 10 heteroatoms. The van der Waals surface area contributed by atoms with Crippen LogP contribution < -0.4 is 9.62 Å².